The first-order valence-electron chi connectivity index (χ1n) is 0.735. The molecule has 0 fully saturated rings. The number of thiol groups is 2. The number of alkyl halides is 1. The Labute approximate surface area is 35.2 Å². The van der Waals surface area contributed by atoms with Gasteiger partial charge in [0, 0.05) is 0 Å². The second kappa shape index (κ2) is 1.91. The Bertz CT molecular complexity index is 10.8. The number of hydrogen-bond acceptors (Lipinski definition) is 2. The smallest absolute Gasteiger partial charge is 0.186 e. The Morgan fingerprint density at radius 1 is 1.50 bits per heavy atom. The van der Waals surface area contributed by atoms with Crippen molar-refractivity contribution in [2.24, 2.45) is 0 Å². The highest BCUT2D eigenvalue weighted by Gasteiger charge is 1.75. The second-order valence-electron chi connectivity index (χ2n) is 0.311. The molecule has 0 atom stereocenters. The van der Waals surface area contributed by atoms with Crippen molar-refractivity contribution in [1.82, 2.24) is 0 Å². The summed E-state index contributed by atoms with van der Waals surface area (Å²) in [6.45, 7) is 0. The molecular weight excluding hydrogens is 95.1 g/mol. The molecule has 0 bridgehead atoms. The predicted molar refractivity (Wildman–Crippen MR) is 22.9 cm³/mol. The SMILES string of the molecule is FC(S)S. The summed E-state index contributed by atoms with van der Waals surface area (Å²) in [6, 6.07) is 0. The minimum absolute atomic E-state index is 1.28. The third-order valence-electron chi connectivity index (χ3n) is 0. The zero-order valence-corrected chi connectivity index (χ0v) is 3.64. The van der Waals surface area contributed by atoms with Gasteiger partial charge >= 0.3 is 0 Å². The first kappa shape index (κ1) is 4.63. The quantitative estimate of drug-likeness (QED) is 0.329. The summed E-state index contributed by atoms with van der Waals surface area (Å²) in [5, 5.41) is 0. The fraction of sp³-hybridized carbons (Fsp3) is 1.00. The molecule has 4 heavy (non-hydrogen) atoms. The Morgan fingerprint density at radius 3 is 1.50 bits per heavy atom. The lowest BCUT2D eigenvalue weighted by atomic mass is 11.8. The van der Waals surface area contributed by atoms with Crippen LogP contribution in [0.3, 0.4) is 0 Å². The zero-order valence-electron chi connectivity index (χ0n) is 1.85. The van der Waals surface area contributed by atoms with Crippen LogP contribution >= 0.6 is 25.3 Å². The van der Waals surface area contributed by atoms with E-state index in [1.54, 1.807) is 0 Å². The topological polar surface area (TPSA) is 0 Å². The second-order valence-corrected chi connectivity index (χ2v) is 1.62. The van der Waals surface area contributed by atoms with Crippen LogP contribution in [-0.2, 0) is 0 Å². The van der Waals surface area contributed by atoms with Gasteiger partial charge in [0.2, 0.25) is 0 Å². The molecule has 0 amide bonds. The minimum Gasteiger partial charge on any atom is -0.224 e. The predicted octanol–water partition coefficient (Wildman–Crippen LogP) is 1.10. The third-order valence-corrected chi connectivity index (χ3v) is 0. The number of rotatable bonds is 0. The number of hydrogen-bond donors (Lipinski definition) is 2. The maximum atomic E-state index is 10.7. The van der Waals surface area contributed by atoms with Crippen molar-refractivity contribution in [2.75, 3.05) is 0 Å². The molecule has 0 nitrogen and oxygen atoms in total. The molecule has 26 valence electrons. The van der Waals surface area contributed by atoms with Crippen LogP contribution in [0.4, 0.5) is 4.39 Å². The van der Waals surface area contributed by atoms with Gasteiger partial charge in [-0.1, -0.05) is 0 Å². The van der Waals surface area contributed by atoms with E-state index in [-0.39, 0.29) is 0 Å². The van der Waals surface area contributed by atoms with Gasteiger partial charge in [-0.3, -0.25) is 0 Å². The first-order chi connectivity index (χ1) is 1.73. The van der Waals surface area contributed by atoms with Crippen LogP contribution in [0, 0.1) is 0 Å². The van der Waals surface area contributed by atoms with Gasteiger partial charge in [0.1, 0.15) is 0 Å². The maximum absolute atomic E-state index is 10.7. The molecule has 0 rings (SSSR count). The van der Waals surface area contributed by atoms with Gasteiger partial charge < -0.3 is 0 Å². The molecule has 0 aromatic heterocycles. The van der Waals surface area contributed by atoms with Crippen molar-refractivity contribution >= 4 is 25.3 Å². The highest BCUT2D eigenvalue weighted by Crippen LogP contribution is 1.96. The van der Waals surface area contributed by atoms with Crippen LogP contribution in [0.15, 0.2) is 0 Å². The maximum Gasteiger partial charge on any atom is 0.186 e. The molecule has 0 saturated heterocycles. The summed E-state index contributed by atoms with van der Waals surface area (Å²) < 4.78 is 10.7. The molecule has 0 radical (unpaired) electrons. The van der Waals surface area contributed by atoms with E-state index in [0.717, 1.165) is 0 Å². The first-order valence-corrected chi connectivity index (χ1v) is 1.77. The van der Waals surface area contributed by atoms with E-state index in [0.29, 0.717) is 0 Å². The Hall–Kier alpha value is 0.630. The highest BCUT2D eigenvalue weighted by atomic mass is 32.2. The van der Waals surface area contributed by atoms with Gasteiger partial charge in [-0.25, -0.2) is 4.39 Å². The largest absolute Gasteiger partial charge is 0.224 e. The van der Waals surface area contributed by atoms with Crippen LogP contribution in [0.1, 0.15) is 0 Å². The van der Waals surface area contributed by atoms with Gasteiger partial charge in [-0.05, 0) is 0 Å². The molecule has 0 aliphatic carbocycles. The normalized spacial score (nSPS) is 9.00. The van der Waals surface area contributed by atoms with E-state index < -0.39 is 4.84 Å². The van der Waals surface area contributed by atoms with Crippen molar-refractivity contribution in [1.29, 1.82) is 0 Å². The van der Waals surface area contributed by atoms with Gasteiger partial charge in [0.25, 0.3) is 0 Å². The molecule has 0 heterocycles. The van der Waals surface area contributed by atoms with Crippen LogP contribution in [0.2, 0.25) is 0 Å². The van der Waals surface area contributed by atoms with E-state index in [2.05, 4.69) is 25.3 Å². The van der Waals surface area contributed by atoms with E-state index in [9.17, 15) is 4.39 Å². The monoisotopic (exact) mass is 98.0 g/mol. The summed E-state index contributed by atoms with van der Waals surface area (Å²) in [5.74, 6) is 0. The van der Waals surface area contributed by atoms with E-state index in [1.807, 2.05) is 0 Å². The molecule has 0 aromatic rings. The fourth-order valence-corrected chi connectivity index (χ4v) is 0. The van der Waals surface area contributed by atoms with Crippen LogP contribution in [0.25, 0.3) is 0 Å². The summed E-state index contributed by atoms with van der Waals surface area (Å²) >= 11 is 6.33. The summed E-state index contributed by atoms with van der Waals surface area (Å²) in [5.41, 5.74) is 0. The van der Waals surface area contributed by atoms with Crippen molar-refractivity contribution in [3.8, 4) is 0 Å². The molecule has 3 heteroatoms. The van der Waals surface area contributed by atoms with Crippen molar-refractivity contribution < 1.29 is 4.39 Å². The lowest BCUT2D eigenvalue weighted by Crippen LogP contribution is -1.59. The Balaban J connectivity index is 2.32. The standard InChI is InChI=1S/CH3FS2/c2-1(3)4/h1,3-4H. The molecule has 0 unspecified atom stereocenters. The van der Waals surface area contributed by atoms with Crippen molar-refractivity contribution in [3.63, 3.8) is 0 Å². The molecule has 0 aliphatic rings. The van der Waals surface area contributed by atoms with E-state index in [4.69, 9.17) is 0 Å². The Morgan fingerprint density at radius 2 is 1.50 bits per heavy atom. The van der Waals surface area contributed by atoms with Crippen molar-refractivity contribution in [2.45, 2.75) is 4.84 Å². The third kappa shape index (κ3) is 17.6. The van der Waals surface area contributed by atoms with Crippen molar-refractivity contribution in [3.05, 3.63) is 0 Å². The lowest BCUT2D eigenvalue weighted by Gasteiger charge is -1.73. The highest BCUT2D eigenvalue weighted by molar-refractivity contribution is 7.98. The molecular formula is CH3FS2. The fourth-order valence-electron chi connectivity index (χ4n) is 0. The molecule has 0 saturated carbocycles. The van der Waals surface area contributed by atoms with E-state index >= 15 is 0 Å². The van der Waals surface area contributed by atoms with E-state index in [1.165, 1.54) is 0 Å². The average Bonchev–Trinajstić information content (AvgIpc) is 0.811. The molecule has 0 spiro atoms. The summed E-state index contributed by atoms with van der Waals surface area (Å²) in [6.07, 6.45) is 0. The van der Waals surface area contributed by atoms with Gasteiger partial charge in [-0.15, -0.1) is 25.3 Å². The van der Waals surface area contributed by atoms with Crippen LogP contribution in [0.5, 0.6) is 0 Å². The van der Waals surface area contributed by atoms with Gasteiger partial charge in [-0.2, -0.15) is 0 Å². The zero-order chi connectivity index (χ0) is 3.58. The van der Waals surface area contributed by atoms with Crippen LogP contribution < -0.4 is 0 Å². The van der Waals surface area contributed by atoms with Gasteiger partial charge in [0.05, 0.1) is 0 Å². The van der Waals surface area contributed by atoms with Gasteiger partial charge in [0.15, 0.2) is 4.84 Å². The average molecular weight is 98.2 g/mol. The minimum atomic E-state index is -1.28. The summed E-state index contributed by atoms with van der Waals surface area (Å²) in [4.78, 5) is -1.28. The number of halogens is 1. The molecule has 0 aliphatic heterocycles. The molecule has 0 aromatic carbocycles. The summed E-state index contributed by atoms with van der Waals surface area (Å²) in [7, 11) is 0. The lowest BCUT2D eigenvalue weighted by molar-refractivity contribution is 0.574. The Kier molecular flexibility index (Phi) is 2.21. The van der Waals surface area contributed by atoms with Crippen LogP contribution in [-0.4, -0.2) is 4.84 Å². The molecule has 0 N–H and O–H groups in total.